The molecule has 120 valence electrons. The van der Waals surface area contributed by atoms with Gasteiger partial charge >= 0.3 is 0 Å². The third-order valence-electron chi connectivity index (χ3n) is 3.58. The molecular weight excluding hydrogens is 303 g/mol. The number of rotatable bonds is 5. The number of hydrogen-bond donors (Lipinski definition) is 1. The Morgan fingerprint density at radius 3 is 2.29 bits per heavy atom. The SMILES string of the molecule is COc1ccc(-c2ccc(C=NNc3ccccc3)cc2)cc1F. The normalized spacial score (nSPS) is 10.8. The lowest BCUT2D eigenvalue weighted by Gasteiger charge is -2.06. The molecular formula is C20H17FN2O. The summed E-state index contributed by atoms with van der Waals surface area (Å²) in [6, 6.07) is 22.4. The standard InChI is InChI=1S/C20H17FN2O/c1-24-20-12-11-17(13-19(20)21)16-9-7-15(8-10-16)14-22-23-18-5-3-2-4-6-18/h2-14,23H,1H3. The number of anilines is 1. The highest BCUT2D eigenvalue weighted by atomic mass is 19.1. The fraction of sp³-hybridized carbons (Fsp3) is 0.0500. The van der Waals surface area contributed by atoms with Gasteiger partial charge in [-0.25, -0.2) is 4.39 Å². The van der Waals surface area contributed by atoms with Crippen molar-refractivity contribution < 1.29 is 9.13 Å². The molecule has 0 saturated carbocycles. The number of benzene rings is 3. The minimum absolute atomic E-state index is 0.245. The number of hydrogen-bond acceptors (Lipinski definition) is 3. The van der Waals surface area contributed by atoms with Crippen LogP contribution in [0.3, 0.4) is 0 Å². The summed E-state index contributed by atoms with van der Waals surface area (Å²) in [7, 11) is 1.45. The predicted octanol–water partition coefficient (Wildman–Crippen LogP) is 4.95. The van der Waals surface area contributed by atoms with Crippen molar-refractivity contribution in [2.24, 2.45) is 5.10 Å². The summed E-state index contributed by atoms with van der Waals surface area (Å²) in [5, 5.41) is 4.20. The van der Waals surface area contributed by atoms with Crippen LogP contribution in [0.15, 0.2) is 77.9 Å². The largest absolute Gasteiger partial charge is 0.494 e. The molecule has 0 atom stereocenters. The molecule has 0 radical (unpaired) electrons. The molecule has 0 fully saturated rings. The average molecular weight is 320 g/mol. The van der Waals surface area contributed by atoms with Gasteiger partial charge in [0.2, 0.25) is 0 Å². The maximum Gasteiger partial charge on any atom is 0.165 e. The maximum absolute atomic E-state index is 13.8. The van der Waals surface area contributed by atoms with E-state index in [-0.39, 0.29) is 11.6 Å². The third kappa shape index (κ3) is 3.79. The summed E-state index contributed by atoms with van der Waals surface area (Å²) in [4.78, 5) is 0. The molecule has 0 aromatic heterocycles. The molecule has 3 nitrogen and oxygen atoms in total. The van der Waals surface area contributed by atoms with Crippen molar-refractivity contribution in [2.75, 3.05) is 12.5 Å². The van der Waals surface area contributed by atoms with Crippen LogP contribution in [0.25, 0.3) is 11.1 Å². The number of nitrogens with one attached hydrogen (secondary N) is 1. The number of para-hydroxylation sites is 1. The van der Waals surface area contributed by atoms with Crippen molar-refractivity contribution in [1.82, 2.24) is 0 Å². The van der Waals surface area contributed by atoms with E-state index in [4.69, 9.17) is 4.74 Å². The summed E-state index contributed by atoms with van der Waals surface area (Å²) in [6.07, 6.45) is 1.74. The third-order valence-corrected chi connectivity index (χ3v) is 3.58. The molecule has 0 aliphatic heterocycles. The summed E-state index contributed by atoms with van der Waals surface area (Å²) >= 11 is 0. The van der Waals surface area contributed by atoms with Crippen molar-refractivity contribution in [3.05, 3.63) is 84.2 Å². The summed E-state index contributed by atoms with van der Waals surface area (Å²) in [6.45, 7) is 0. The Bertz CT molecular complexity index is 830. The molecule has 0 unspecified atom stereocenters. The Morgan fingerprint density at radius 1 is 0.917 bits per heavy atom. The molecule has 0 amide bonds. The molecule has 0 aliphatic carbocycles. The van der Waals surface area contributed by atoms with Gasteiger partial charge in [0.25, 0.3) is 0 Å². The van der Waals surface area contributed by atoms with Crippen molar-refractivity contribution >= 4 is 11.9 Å². The van der Waals surface area contributed by atoms with Gasteiger partial charge in [-0.1, -0.05) is 48.5 Å². The first-order chi connectivity index (χ1) is 11.8. The highest BCUT2D eigenvalue weighted by Crippen LogP contribution is 2.25. The maximum atomic E-state index is 13.8. The lowest BCUT2D eigenvalue weighted by Crippen LogP contribution is -1.91. The molecule has 0 heterocycles. The Balaban J connectivity index is 1.70. The second-order valence-electron chi connectivity index (χ2n) is 5.21. The first kappa shape index (κ1) is 15.7. The first-order valence-electron chi connectivity index (χ1n) is 7.54. The van der Waals surface area contributed by atoms with E-state index in [0.29, 0.717) is 0 Å². The summed E-state index contributed by atoms with van der Waals surface area (Å²) < 4.78 is 18.7. The number of methoxy groups -OCH3 is 1. The van der Waals surface area contributed by atoms with E-state index in [2.05, 4.69) is 10.5 Å². The lowest BCUT2D eigenvalue weighted by molar-refractivity contribution is 0.386. The summed E-state index contributed by atoms with van der Waals surface area (Å²) in [5.74, 6) is -0.123. The number of hydrazone groups is 1. The zero-order valence-electron chi connectivity index (χ0n) is 13.2. The highest BCUT2D eigenvalue weighted by Gasteiger charge is 2.05. The van der Waals surface area contributed by atoms with Crippen molar-refractivity contribution in [3.63, 3.8) is 0 Å². The van der Waals surface area contributed by atoms with Crippen LogP contribution in [0.5, 0.6) is 5.75 Å². The molecule has 0 bridgehead atoms. The van der Waals surface area contributed by atoms with Gasteiger partial charge < -0.3 is 4.74 Å². The van der Waals surface area contributed by atoms with Crippen LogP contribution in [-0.4, -0.2) is 13.3 Å². The van der Waals surface area contributed by atoms with E-state index in [1.54, 1.807) is 12.3 Å². The second kappa shape index (κ2) is 7.42. The highest BCUT2D eigenvalue weighted by molar-refractivity contribution is 5.81. The number of halogens is 1. The monoisotopic (exact) mass is 320 g/mol. The van der Waals surface area contributed by atoms with Gasteiger partial charge in [-0.2, -0.15) is 5.10 Å². The van der Waals surface area contributed by atoms with Crippen LogP contribution in [0.4, 0.5) is 10.1 Å². The van der Waals surface area contributed by atoms with E-state index in [9.17, 15) is 4.39 Å². The topological polar surface area (TPSA) is 33.6 Å². The van der Waals surface area contributed by atoms with Crippen LogP contribution < -0.4 is 10.2 Å². The fourth-order valence-corrected chi connectivity index (χ4v) is 2.30. The Labute approximate surface area is 140 Å². The van der Waals surface area contributed by atoms with Gasteiger partial charge in [0, 0.05) is 0 Å². The molecule has 3 aromatic rings. The van der Waals surface area contributed by atoms with Crippen LogP contribution in [0.2, 0.25) is 0 Å². The molecule has 24 heavy (non-hydrogen) atoms. The quantitative estimate of drug-likeness (QED) is 0.533. The Hall–Kier alpha value is -3.14. The molecule has 0 aliphatic rings. The van der Waals surface area contributed by atoms with Crippen LogP contribution >= 0.6 is 0 Å². The van der Waals surface area contributed by atoms with Crippen LogP contribution in [0.1, 0.15) is 5.56 Å². The Morgan fingerprint density at radius 2 is 1.62 bits per heavy atom. The van der Waals surface area contributed by atoms with Crippen LogP contribution in [-0.2, 0) is 0 Å². The number of nitrogens with zero attached hydrogens (tertiary/aromatic N) is 1. The van der Waals surface area contributed by atoms with Gasteiger partial charge in [0.05, 0.1) is 19.0 Å². The predicted molar refractivity (Wildman–Crippen MR) is 96.0 cm³/mol. The van der Waals surface area contributed by atoms with Gasteiger partial charge in [-0.05, 0) is 41.0 Å². The smallest absolute Gasteiger partial charge is 0.165 e. The van der Waals surface area contributed by atoms with E-state index in [1.807, 2.05) is 60.7 Å². The summed E-state index contributed by atoms with van der Waals surface area (Å²) in [5.41, 5.74) is 6.59. The average Bonchev–Trinajstić information content (AvgIpc) is 2.63. The van der Waals surface area contributed by atoms with E-state index in [0.717, 1.165) is 22.4 Å². The van der Waals surface area contributed by atoms with Crippen molar-refractivity contribution in [1.29, 1.82) is 0 Å². The zero-order valence-corrected chi connectivity index (χ0v) is 13.2. The second-order valence-corrected chi connectivity index (χ2v) is 5.21. The first-order valence-corrected chi connectivity index (χ1v) is 7.54. The number of ether oxygens (including phenoxy) is 1. The molecule has 1 N–H and O–H groups in total. The van der Waals surface area contributed by atoms with E-state index in [1.165, 1.54) is 13.2 Å². The van der Waals surface area contributed by atoms with Gasteiger partial charge in [0.15, 0.2) is 11.6 Å². The van der Waals surface area contributed by atoms with Gasteiger partial charge in [-0.15, -0.1) is 0 Å². The van der Waals surface area contributed by atoms with Gasteiger partial charge in [0.1, 0.15) is 0 Å². The molecule has 3 aromatic carbocycles. The van der Waals surface area contributed by atoms with Gasteiger partial charge in [-0.3, -0.25) is 5.43 Å². The molecule has 0 spiro atoms. The zero-order chi connectivity index (χ0) is 16.8. The fourth-order valence-electron chi connectivity index (χ4n) is 2.30. The van der Waals surface area contributed by atoms with Crippen molar-refractivity contribution in [2.45, 2.75) is 0 Å². The lowest BCUT2D eigenvalue weighted by atomic mass is 10.0. The molecule has 0 saturated heterocycles. The van der Waals surface area contributed by atoms with Crippen molar-refractivity contribution in [3.8, 4) is 16.9 Å². The molecule has 4 heteroatoms. The minimum Gasteiger partial charge on any atom is -0.494 e. The minimum atomic E-state index is -0.368. The van der Waals surface area contributed by atoms with E-state index >= 15 is 0 Å². The molecule has 3 rings (SSSR count). The van der Waals surface area contributed by atoms with Crippen LogP contribution in [0, 0.1) is 5.82 Å². The van der Waals surface area contributed by atoms with E-state index < -0.39 is 0 Å². The Kier molecular flexibility index (Phi) is 4.87.